The topological polar surface area (TPSA) is 51.0 Å². The van der Waals surface area contributed by atoms with E-state index < -0.39 is 0 Å². The van der Waals surface area contributed by atoms with Crippen molar-refractivity contribution in [2.24, 2.45) is 0 Å². The standard InChI is InChI=1S/C20H21NO3S/c1-13-5-2-3-9-21(13)12-16-17(22)8-7-15-19(23)18(24-20(15)16)11-14-6-4-10-25-14/h4,6-8,10-11,13,22H,2-3,5,9,12H2,1H3/p+1/t13-/m0/s1. The number of hydrogen-bond donors (Lipinski definition) is 2. The van der Waals surface area contributed by atoms with E-state index in [9.17, 15) is 9.90 Å². The van der Waals surface area contributed by atoms with Crippen molar-refractivity contribution in [2.45, 2.75) is 38.8 Å². The van der Waals surface area contributed by atoms with Gasteiger partial charge in [0.05, 0.1) is 23.7 Å². The Labute approximate surface area is 151 Å². The van der Waals surface area contributed by atoms with Crippen molar-refractivity contribution in [3.8, 4) is 11.5 Å². The number of fused-ring (bicyclic) bond motifs is 1. The number of aromatic hydroxyl groups is 1. The average molecular weight is 356 g/mol. The van der Waals surface area contributed by atoms with Crippen LogP contribution >= 0.6 is 11.3 Å². The molecule has 3 heterocycles. The number of piperidine rings is 1. The molecule has 0 radical (unpaired) electrons. The molecule has 4 nitrogen and oxygen atoms in total. The van der Waals surface area contributed by atoms with Crippen LogP contribution in [-0.4, -0.2) is 23.5 Å². The highest BCUT2D eigenvalue weighted by atomic mass is 32.1. The molecule has 2 aromatic rings. The lowest BCUT2D eigenvalue weighted by Crippen LogP contribution is -3.14. The van der Waals surface area contributed by atoms with Crippen LogP contribution in [0, 0.1) is 0 Å². The molecule has 130 valence electrons. The third-order valence-electron chi connectivity index (χ3n) is 5.22. The molecule has 2 aliphatic rings. The number of ketones is 1. The van der Waals surface area contributed by atoms with E-state index in [-0.39, 0.29) is 11.5 Å². The number of benzene rings is 1. The van der Waals surface area contributed by atoms with Crippen molar-refractivity contribution in [3.05, 3.63) is 51.4 Å². The number of Topliss-reactive ketones (excluding diaryl/α,β-unsaturated/α-hetero) is 1. The minimum atomic E-state index is -0.105. The zero-order chi connectivity index (χ0) is 17.4. The Hall–Kier alpha value is -2.11. The van der Waals surface area contributed by atoms with E-state index in [2.05, 4.69) is 6.92 Å². The van der Waals surface area contributed by atoms with Gasteiger partial charge >= 0.3 is 0 Å². The molecule has 0 aliphatic carbocycles. The lowest BCUT2D eigenvalue weighted by molar-refractivity contribution is -0.941. The van der Waals surface area contributed by atoms with Crippen LogP contribution in [0.2, 0.25) is 0 Å². The summed E-state index contributed by atoms with van der Waals surface area (Å²) in [6, 6.07) is 7.75. The van der Waals surface area contributed by atoms with Gasteiger partial charge in [0.15, 0.2) is 11.5 Å². The van der Waals surface area contributed by atoms with Gasteiger partial charge in [0, 0.05) is 11.0 Å². The minimum Gasteiger partial charge on any atom is -0.507 e. The maximum absolute atomic E-state index is 12.7. The Morgan fingerprint density at radius 2 is 2.24 bits per heavy atom. The van der Waals surface area contributed by atoms with E-state index in [1.54, 1.807) is 29.5 Å². The number of quaternary nitrogens is 1. The quantitative estimate of drug-likeness (QED) is 0.831. The van der Waals surface area contributed by atoms with Crippen molar-refractivity contribution in [1.29, 1.82) is 0 Å². The summed E-state index contributed by atoms with van der Waals surface area (Å²) in [6.07, 6.45) is 5.46. The maximum atomic E-state index is 12.7. The van der Waals surface area contributed by atoms with Crippen molar-refractivity contribution in [3.63, 3.8) is 0 Å². The molecule has 5 heteroatoms. The van der Waals surface area contributed by atoms with E-state index in [1.165, 1.54) is 24.2 Å². The zero-order valence-corrected chi connectivity index (χ0v) is 15.1. The van der Waals surface area contributed by atoms with E-state index >= 15 is 0 Å². The predicted octanol–water partition coefficient (Wildman–Crippen LogP) is 3.03. The van der Waals surface area contributed by atoms with Crippen LogP contribution in [-0.2, 0) is 6.54 Å². The van der Waals surface area contributed by atoms with E-state index in [0.29, 0.717) is 29.7 Å². The van der Waals surface area contributed by atoms with Gasteiger partial charge in [0.25, 0.3) is 0 Å². The van der Waals surface area contributed by atoms with Crippen LogP contribution in [0.25, 0.3) is 6.08 Å². The van der Waals surface area contributed by atoms with Gasteiger partial charge in [-0.2, -0.15) is 0 Å². The first kappa shape index (κ1) is 16.4. The largest absolute Gasteiger partial charge is 0.507 e. The molecule has 1 unspecified atom stereocenters. The van der Waals surface area contributed by atoms with E-state index in [0.717, 1.165) is 17.0 Å². The Bertz CT molecular complexity index is 826. The Morgan fingerprint density at radius 3 is 3.00 bits per heavy atom. The van der Waals surface area contributed by atoms with Crippen LogP contribution in [0.5, 0.6) is 11.5 Å². The normalized spacial score (nSPS) is 24.4. The molecular weight excluding hydrogens is 334 g/mol. The maximum Gasteiger partial charge on any atom is 0.232 e. The number of likely N-dealkylation sites (tertiary alicyclic amines) is 1. The van der Waals surface area contributed by atoms with Crippen LogP contribution in [0.15, 0.2) is 35.4 Å². The summed E-state index contributed by atoms with van der Waals surface area (Å²) in [4.78, 5) is 15.1. The molecule has 0 spiro atoms. The summed E-state index contributed by atoms with van der Waals surface area (Å²) in [5.74, 6) is 0.990. The number of thiophene rings is 1. The van der Waals surface area contributed by atoms with Crippen molar-refractivity contribution in [1.82, 2.24) is 0 Å². The molecule has 1 aromatic heterocycles. The first-order valence-corrected chi connectivity index (χ1v) is 9.68. The number of carbonyl (C=O) groups is 1. The minimum absolute atomic E-state index is 0.105. The van der Waals surface area contributed by atoms with Gasteiger partial charge in [-0.3, -0.25) is 4.79 Å². The highest BCUT2D eigenvalue weighted by Crippen LogP contribution is 2.39. The predicted molar refractivity (Wildman–Crippen MR) is 98.2 cm³/mol. The summed E-state index contributed by atoms with van der Waals surface area (Å²) in [5, 5.41) is 12.4. The SMILES string of the molecule is C[C@H]1CCCC[NH+]1Cc1c(O)ccc2c1OC(=Cc1cccs1)C2=O. The number of hydrogen-bond acceptors (Lipinski definition) is 4. The second-order valence-electron chi connectivity index (χ2n) is 6.88. The van der Waals surface area contributed by atoms with Gasteiger partial charge in [-0.1, -0.05) is 6.07 Å². The molecular formula is C20H22NO3S+. The fourth-order valence-electron chi connectivity index (χ4n) is 3.71. The summed E-state index contributed by atoms with van der Waals surface area (Å²) < 4.78 is 5.93. The number of allylic oxidation sites excluding steroid dienone is 1. The number of rotatable bonds is 3. The van der Waals surface area contributed by atoms with Gasteiger partial charge in [0.1, 0.15) is 12.3 Å². The second kappa shape index (κ2) is 6.65. The summed E-state index contributed by atoms with van der Waals surface area (Å²) in [5.41, 5.74) is 1.31. The monoisotopic (exact) mass is 356 g/mol. The van der Waals surface area contributed by atoms with Gasteiger partial charge in [-0.25, -0.2) is 0 Å². The molecule has 2 N–H and O–H groups in total. The van der Waals surface area contributed by atoms with Crippen LogP contribution < -0.4 is 9.64 Å². The highest BCUT2D eigenvalue weighted by Gasteiger charge is 2.33. The van der Waals surface area contributed by atoms with Gasteiger partial charge in [-0.15, -0.1) is 11.3 Å². The summed E-state index contributed by atoms with van der Waals surface area (Å²) in [7, 11) is 0. The highest BCUT2D eigenvalue weighted by molar-refractivity contribution is 7.10. The third-order valence-corrected chi connectivity index (χ3v) is 6.04. The molecule has 0 amide bonds. The molecule has 1 saturated heterocycles. The molecule has 0 saturated carbocycles. The molecule has 4 rings (SSSR count). The van der Waals surface area contributed by atoms with Gasteiger partial charge in [0.2, 0.25) is 5.78 Å². The lowest BCUT2D eigenvalue weighted by atomic mass is 10.0. The Balaban J connectivity index is 1.67. The van der Waals surface area contributed by atoms with Crippen molar-refractivity contribution >= 4 is 23.2 Å². The first-order chi connectivity index (χ1) is 12.1. The Morgan fingerprint density at radius 1 is 1.36 bits per heavy atom. The number of phenols is 1. The number of phenolic OH excluding ortho intramolecular Hbond substituents is 1. The summed E-state index contributed by atoms with van der Waals surface area (Å²) in [6.45, 7) is 4.04. The average Bonchev–Trinajstić information content (AvgIpc) is 3.21. The fourth-order valence-corrected chi connectivity index (χ4v) is 4.36. The van der Waals surface area contributed by atoms with Crippen LogP contribution in [0.1, 0.15) is 47.0 Å². The van der Waals surface area contributed by atoms with Crippen molar-refractivity contribution < 1.29 is 19.5 Å². The molecule has 0 bridgehead atoms. The third kappa shape index (κ3) is 3.10. The molecule has 1 fully saturated rings. The first-order valence-electron chi connectivity index (χ1n) is 8.80. The number of carbonyl (C=O) groups excluding carboxylic acids is 1. The van der Waals surface area contributed by atoms with Crippen molar-refractivity contribution in [2.75, 3.05) is 6.54 Å². The smallest absolute Gasteiger partial charge is 0.232 e. The fraction of sp³-hybridized carbons (Fsp3) is 0.350. The van der Waals surface area contributed by atoms with E-state index in [4.69, 9.17) is 4.74 Å². The second-order valence-corrected chi connectivity index (χ2v) is 7.86. The van der Waals surface area contributed by atoms with Crippen LogP contribution in [0.4, 0.5) is 0 Å². The van der Waals surface area contributed by atoms with Crippen LogP contribution in [0.3, 0.4) is 0 Å². The van der Waals surface area contributed by atoms with Gasteiger partial charge < -0.3 is 14.7 Å². The van der Waals surface area contributed by atoms with Gasteiger partial charge in [-0.05, 0) is 49.8 Å². The molecule has 1 aromatic carbocycles. The number of nitrogens with one attached hydrogen (secondary N) is 1. The molecule has 25 heavy (non-hydrogen) atoms. The zero-order valence-electron chi connectivity index (χ0n) is 14.2. The number of ether oxygens (including phenoxy) is 1. The molecule has 2 aliphatic heterocycles. The molecule has 2 atom stereocenters. The Kier molecular flexibility index (Phi) is 4.36. The summed E-state index contributed by atoms with van der Waals surface area (Å²) >= 11 is 1.56. The van der Waals surface area contributed by atoms with E-state index in [1.807, 2.05) is 17.5 Å². The lowest BCUT2D eigenvalue weighted by Gasteiger charge is -2.30.